The lowest BCUT2D eigenvalue weighted by Gasteiger charge is -2.35. The first-order valence-electron chi connectivity index (χ1n) is 11.9. The number of benzene rings is 2. The third kappa shape index (κ3) is 5.47. The Hall–Kier alpha value is -3.44. The van der Waals surface area contributed by atoms with Gasteiger partial charge in [-0.1, -0.05) is 12.1 Å². The first-order valence-corrected chi connectivity index (χ1v) is 13.3. The molecule has 0 unspecified atom stereocenters. The van der Waals surface area contributed by atoms with E-state index >= 15 is 0 Å². The van der Waals surface area contributed by atoms with Gasteiger partial charge in [0.1, 0.15) is 11.4 Å². The van der Waals surface area contributed by atoms with Crippen LogP contribution in [0.5, 0.6) is 0 Å². The van der Waals surface area contributed by atoms with Crippen LogP contribution in [0, 0.1) is 5.82 Å². The average Bonchev–Trinajstić information content (AvgIpc) is 3.21. The highest BCUT2D eigenvalue weighted by atomic mass is 32.2. The Morgan fingerprint density at radius 1 is 0.973 bits per heavy atom. The molecule has 1 aliphatic rings. The fraction of sp³-hybridized carbons (Fsp3) is 0.385. The molecule has 3 aromatic rings. The molecular weight excluding hydrogens is 499 g/mol. The van der Waals surface area contributed by atoms with Gasteiger partial charge < -0.3 is 14.5 Å². The van der Waals surface area contributed by atoms with Gasteiger partial charge in [-0.25, -0.2) is 22.4 Å². The van der Waals surface area contributed by atoms with Crippen LogP contribution in [0.3, 0.4) is 0 Å². The molecule has 1 aromatic heterocycles. The van der Waals surface area contributed by atoms with Gasteiger partial charge in [0.05, 0.1) is 10.4 Å². The number of carbonyl (C=O) groups excluding carboxylic acids is 2. The Balaban J connectivity index is 1.56. The Morgan fingerprint density at radius 2 is 1.59 bits per heavy atom. The molecule has 1 aliphatic heterocycles. The number of carbonyl (C=O) groups is 2. The average molecular weight is 531 g/mol. The highest BCUT2D eigenvalue weighted by Crippen LogP contribution is 2.32. The second kappa shape index (κ2) is 9.79. The fourth-order valence-electron chi connectivity index (χ4n) is 4.20. The van der Waals surface area contributed by atoms with Gasteiger partial charge in [0.2, 0.25) is 10.0 Å². The summed E-state index contributed by atoms with van der Waals surface area (Å²) in [7, 11) is -0.551. The molecule has 0 bridgehead atoms. The maximum Gasteiger partial charge on any atom is 0.410 e. The first kappa shape index (κ1) is 26.6. The molecule has 0 saturated carbocycles. The number of sulfonamides is 1. The number of halogens is 1. The molecule has 0 spiro atoms. The molecule has 0 N–H and O–H groups in total. The monoisotopic (exact) mass is 530 g/mol. The van der Waals surface area contributed by atoms with Gasteiger partial charge >= 0.3 is 12.1 Å². The highest BCUT2D eigenvalue weighted by molar-refractivity contribution is 7.89. The van der Waals surface area contributed by atoms with Crippen LogP contribution in [-0.4, -0.2) is 85.1 Å². The Bertz CT molecular complexity index is 1430. The predicted molar refractivity (Wildman–Crippen MR) is 138 cm³/mol. The molecule has 0 atom stereocenters. The van der Waals surface area contributed by atoms with Gasteiger partial charge in [0.15, 0.2) is 0 Å². The normalized spacial score (nSPS) is 15.1. The number of hydrogen-bond donors (Lipinski definition) is 0. The smallest absolute Gasteiger partial charge is 0.410 e. The summed E-state index contributed by atoms with van der Waals surface area (Å²) in [6.45, 7) is 6.15. The van der Waals surface area contributed by atoms with Crippen LogP contribution in [0.15, 0.2) is 53.6 Å². The van der Waals surface area contributed by atoms with E-state index in [1.165, 1.54) is 42.9 Å². The number of nitrogens with zero attached hydrogens (tertiary/aromatic N) is 4. The van der Waals surface area contributed by atoms with Crippen molar-refractivity contribution in [3.63, 3.8) is 0 Å². The molecule has 9 nitrogen and oxygen atoms in total. The standard InChI is InChI=1S/C26H31FN4O5S/c1-26(2,3)36-25(33)29-12-14-30(15-13-29)37(34,35)20-9-6-18(7-10-20)22-17-31(24(32)28(4)5)23-16-19(27)8-11-21(22)23/h6-11,16-17H,12-15H2,1-5H3. The molecule has 11 heteroatoms. The largest absolute Gasteiger partial charge is 0.444 e. The van der Waals surface area contributed by atoms with E-state index in [-0.39, 0.29) is 37.1 Å². The van der Waals surface area contributed by atoms with Crippen LogP contribution < -0.4 is 0 Å². The van der Waals surface area contributed by atoms with Crippen LogP contribution in [0.4, 0.5) is 14.0 Å². The van der Waals surface area contributed by atoms with Gasteiger partial charge in [-0.05, 0) is 56.7 Å². The molecule has 37 heavy (non-hydrogen) atoms. The van der Waals surface area contributed by atoms with Crippen molar-refractivity contribution in [2.24, 2.45) is 0 Å². The molecule has 0 aliphatic carbocycles. The zero-order valence-corrected chi connectivity index (χ0v) is 22.4. The number of amides is 2. The molecule has 0 radical (unpaired) electrons. The number of piperazine rings is 1. The molecule has 1 fully saturated rings. The van der Waals surface area contributed by atoms with E-state index in [9.17, 15) is 22.4 Å². The first-order chi connectivity index (χ1) is 17.3. The summed E-state index contributed by atoms with van der Waals surface area (Å²) in [5, 5.41) is 0.672. The number of hydrogen-bond acceptors (Lipinski definition) is 5. The molecule has 4 rings (SSSR count). The summed E-state index contributed by atoms with van der Waals surface area (Å²) >= 11 is 0. The van der Waals surface area contributed by atoms with Crippen molar-refractivity contribution in [3.05, 3.63) is 54.5 Å². The lowest BCUT2D eigenvalue weighted by Crippen LogP contribution is -2.51. The molecule has 198 valence electrons. The van der Waals surface area contributed by atoms with Crippen molar-refractivity contribution in [1.82, 2.24) is 18.7 Å². The third-order valence-corrected chi connectivity index (χ3v) is 7.96. The van der Waals surface area contributed by atoms with Crippen LogP contribution in [0.1, 0.15) is 20.8 Å². The molecule has 2 amide bonds. The summed E-state index contributed by atoms with van der Waals surface area (Å²) in [5.74, 6) is -0.460. The van der Waals surface area contributed by atoms with Crippen molar-refractivity contribution in [1.29, 1.82) is 0 Å². The van der Waals surface area contributed by atoms with Gasteiger partial charge in [-0.3, -0.25) is 4.57 Å². The summed E-state index contributed by atoms with van der Waals surface area (Å²) in [6, 6.07) is 10.3. The lowest BCUT2D eigenvalue weighted by atomic mass is 10.1. The fourth-order valence-corrected chi connectivity index (χ4v) is 5.62. The van der Waals surface area contributed by atoms with E-state index in [0.29, 0.717) is 22.0 Å². The number of aromatic nitrogens is 1. The molecule has 2 heterocycles. The number of ether oxygens (including phenoxy) is 1. The summed E-state index contributed by atoms with van der Waals surface area (Å²) in [6.07, 6.45) is 1.17. The SMILES string of the molecule is CN(C)C(=O)n1cc(-c2ccc(S(=O)(=O)N3CCN(C(=O)OC(C)(C)C)CC3)cc2)c2ccc(F)cc21. The second-order valence-corrected chi connectivity index (χ2v) is 12.1. The Kier molecular flexibility index (Phi) is 7.04. The predicted octanol–water partition coefficient (Wildman–Crippen LogP) is 4.22. The molecule has 2 aromatic carbocycles. The quantitative estimate of drug-likeness (QED) is 0.506. The van der Waals surface area contributed by atoms with E-state index in [1.807, 2.05) is 0 Å². The van der Waals surface area contributed by atoms with E-state index in [1.54, 1.807) is 59.3 Å². The minimum Gasteiger partial charge on any atom is -0.444 e. The number of rotatable bonds is 3. The maximum atomic E-state index is 14.0. The van der Waals surface area contributed by atoms with Crippen molar-refractivity contribution in [2.75, 3.05) is 40.3 Å². The minimum absolute atomic E-state index is 0.126. The van der Waals surface area contributed by atoms with Gasteiger partial charge in [-0.2, -0.15) is 4.31 Å². The zero-order valence-electron chi connectivity index (χ0n) is 21.6. The van der Waals surface area contributed by atoms with Crippen molar-refractivity contribution in [3.8, 4) is 11.1 Å². The number of fused-ring (bicyclic) bond motifs is 1. The highest BCUT2D eigenvalue weighted by Gasteiger charge is 2.32. The molecule has 1 saturated heterocycles. The summed E-state index contributed by atoms with van der Waals surface area (Å²) < 4.78 is 48.6. The molecular formula is C26H31FN4O5S. The lowest BCUT2D eigenvalue weighted by molar-refractivity contribution is 0.0192. The van der Waals surface area contributed by atoms with E-state index < -0.39 is 27.5 Å². The van der Waals surface area contributed by atoms with Gasteiger partial charge in [-0.15, -0.1) is 0 Å². The van der Waals surface area contributed by atoms with Gasteiger partial charge in [0, 0.05) is 57.4 Å². The summed E-state index contributed by atoms with van der Waals surface area (Å²) in [4.78, 5) is 28.0. The minimum atomic E-state index is -3.77. The van der Waals surface area contributed by atoms with E-state index in [2.05, 4.69) is 0 Å². The van der Waals surface area contributed by atoms with Crippen molar-refractivity contribution in [2.45, 2.75) is 31.3 Å². The summed E-state index contributed by atoms with van der Waals surface area (Å²) in [5.41, 5.74) is 1.17. The van der Waals surface area contributed by atoms with Crippen LogP contribution in [0.25, 0.3) is 22.0 Å². The zero-order chi connectivity index (χ0) is 27.1. The van der Waals surface area contributed by atoms with Crippen LogP contribution >= 0.6 is 0 Å². The van der Waals surface area contributed by atoms with Crippen molar-refractivity contribution < 1.29 is 27.1 Å². The van der Waals surface area contributed by atoms with Crippen molar-refractivity contribution >= 4 is 33.1 Å². The van der Waals surface area contributed by atoms with Crippen LogP contribution in [-0.2, 0) is 14.8 Å². The van der Waals surface area contributed by atoms with Crippen LogP contribution in [0.2, 0.25) is 0 Å². The maximum absolute atomic E-state index is 14.0. The Morgan fingerprint density at radius 3 is 2.16 bits per heavy atom. The third-order valence-electron chi connectivity index (χ3n) is 6.05. The Labute approximate surface area is 216 Å². The van der Waals surface area contributed by atoms with E-state index in [4.69, 9.17) is 4.74 Å². The topological polar surface area (TPSA) is 92.2 Å². The van der Waals surface area contributed by atoms with E-state index in [0.717, 1.165) is 0 Å². The second-order valence-electron chi connectivity index (χ2n) is 10.1. The van der Waals surface area contributed by atoms with Gasteiger partial charge in [0.25, 0.3) is 0 Å².